The van der Waals surface area contributed by atoms with Crippen LogP contribution in [0.3, 0.4) is 0 Å². The van der Waals surface area contributed by atoms with Crippen LogP contribution in [0.1, 0.15) is 24.3 Å². The molecule has 16 heteroatoms. The van der Waals surface area contributed by atoms with Crippen molar-refractivity contribution in [3.63, 3.8) is 0 Å². The van der Waals surface area contributed by atoms with Gasteiger partial charge in [0.05, 0.1) is 17.5 Å². The Labute approximate surface area is 281 Å². The van der Waals surface area contributed by atoms with Crippen molar-refractivity contribution in [1.82, 2.24) is 0 Å². The van der Waals surface area contributed by atoms with E-state index >= 15 is 8.78 Å². The Morgan fingerprint density at radius 1 is 0.750 bits per heavy atom. The molecule has 7 nitrogen and oxygen atoms in total. The van der Waals surface area contributed by atoms with Crippen molar-refractivity contribution < 1.29 is 50.6 Å². The van der Waals surface area contributed by atoms with Crippen LogP contribution in [-0.2, 0) is 19.2 Å². The molecule has 6 atom stereocenters. The number of allylic oxidation sites excluding steroid dienone is 2. The number of hydrogen-bond acceptors (Lipinski definition) is 5. The maximum atomic E-state index is 15.1. The van der Waals surface area contributed by atoms with E-state index in [4.69, 9.17) is 34.8 Å². The van der Waals surface area contributed by atoms with Gasteiger partial charge in [0, 0.05) is 16.5 Å². The lowest BCUT2D eigenvalue weighted by Gasteiger charge is -2.50. The number of amides is 4. The first-order valence-corrected chi connectivity index (χ1v) is 15.3. The van der Waals surface area contributed by atoms with Gasteiger partial charge in [0.25, 0.3) is 11.8 Å². The van der Waals surface area contributed by atoms with Gasteiger partial charge in [-0.2, -0.15) is 0 Å². The zero-order chi connectivity index (χ0) is 34.8. The predicted octanol–water partition coefficient (Wildman–Crippen LogP) is 6.65. The van der Waals surface area contributed by atoms with Gasteiger partial charge in [0.15, 0.2) is 44.6 Å². The lowest BCUT2D eigenvalue weighted by Crippen LogP contribution is -2.60. The van der Waals surface area contributed by atoms with E-state index in [9.17, 15) is 41.8 Å². The van der Waals surface area contributed by atoms with Crippen LogP contribution in [0.15, 0.2) is 54.1 Å². The number of halogens is 9. The van der Waals surface area contributed by atoms with Gasteiger partial charge in [-0.1, -0.05) is 35.4 Å². The monoisotopic (exact) mass is 728 g/mol. The number of nitrogens with zero attached hydrogens (tertiary/aromatic N) is 2. The first kappa shape index (κ1) is 32.5. The fraction of sp³-hybridized carbons (Fsp3) is 0.250. The Kier molecular flexibility index (Phi) is 7.25. The maximum absolute atomic E-state index is 15.1. The van der Waals surface area contributed by atoms with Gasteiger partial charge in [-0.15, -0.1) is 23.2 Å². The van der Waals surface area contributed by atoms with E-state index in [1.165, 1.54) is 30.3 Å². The minimum Gasteiger partial charge on any atom is -0.505 e. The molecule has 0 aromatic heterocycles. The minimum absolute atomic E-state index is 0.0583. The number of carbonyl (C=O) groups is 4. The van der Waals surface area contributed by atoms with Crippen LogP contribution >= 0.6 is 34.8 Å². The summed E-state index contributed by atoms with van der Waals surface area (Å²) in [5.74, 6) is -25.0. The summed E-state index contributed by atoms with van der Waals surface area (Å²) in [6.45, 7) is 0. The quantitative estimate of drug-likeness (QED) is 0.0815. The van der Waals surface area contributed by atoms with Crippen molar-refractivity contribution >= 4 is 69.8 Å². The van der Waals surface area contributed by atoms with Crippen molar-refractivity contribution in [2.75, 3.05) is 9.80 Å². The molecule has 1 saturated carbocycles. The van der Waals surface area contributed by atoms with Crippen molar-refractivity contribution in [3.05, 3.63) is 99.6 Å². The predicted molar refractivity (Wildman–Crippen MR) is 158 cm³/mol. The van der Waals surface area contributed by atoms with Crippen LogP contribution in [0.5, 0.6) is 5.75 Å². The van der Waals surface area contributed by atoms with E-state index in [1.54, 1.807) is 0 Å². The Morgan fingerprint density at radius 3 is 1.98 bits per heavy atom. The van der Waals surface area contributed by atoms with Gasteiger partial charge in [0.1, 0.15) is 5.69 Å². The average Bonchev–Trinajstić information content (AvgIpc) is 3.39. The van der Waals surface area contributed by atoms with Crippen LogP contribution in [0.2, 0.25) is 5.02 Å². The summed E-state index contributed by atoms with van der Waals surface area (Å²) in [7, 11) is 0. The fourth-order valence-electron chi connectivity index (χ4n) is 7.52. The van der Waals surface area contributed by atoms with E-state index in [0.717, 1.165) is 23.1 Å². The van der Waals surface area contributed by atoms with Crippen molar-refractivity contribution in [2.24, 2.45) is 17.8 Å². The second-order valence-corrected chi connectivity index (χ2v) is 13.5. The average molecular weight is 730 g/mol. The van der Waals surface area contributed by atoms with E-state index in [0.29, 0.717) is 5.02 Å². The molecule has 1 N–H and O–H groups in total. The normalized spacial score (nSPS) is 29.6. The second-order valence-electron chi connectivity index (χ2n) is 11.9. The Morgan fingerprint density at radius 2 is 1.35 bits per heavy atom. The Bertz CT molecular complexity index is 2020. The highest BCUT2D eigenvalue weighted by atomic mass is 35.5. The van der Waals surface area contributed by atoms with Gasteiger partial charge in [0.2, 0.25) is 17.6 Å². The molecule has 7 rings (SSSR count). The number of anilines is 2. The maximum Gasteiger partial charge on any atom is 0.258 e. The molecule has 2 aliphatic carbocycles. The van der Waals surface area contributed by atoms with E-state index < -0.39 is 115 Å². The van der Waals surface area contributed by atoms with Crippen LogP contribution in [0, 0.1) is 52.7 Å². The third-order valence-electron chi connectivity index (χ3n) is 9.64. The number of para-hydroxylation sites is 1. The lowest BCUT2D eigenvalue weighted by molar-refractivity contribution is -0.125. The molecule has 248 valence electrons. The number of rotatable bonds is 3. The summed E-state index contributed by atoms with van der Waals surface area (Å²) in [6.07, 6.45) is 0.544. The number of carbonyl (C=O) groups excluding carboxylic acids is 4. The third kappa shape index (κ3) is 3.98. The molecule has 3 aromatic rings. The van der Waals surface area contributed by atoms with Crippen molar-refractivity contribution in [3.8, 4) is 5.75 Å². The summed E-state index contributed by atoms with van der Waals surface area (Å²) in [4.78, 5) is 50.9. The van der Waals surface area contributed by atoms with Crippen LogP contribution in [-0.4, -0.2) is 38.5 Å². The molecule has 2 saturated heterocycles. The van der Waals surface area contributed by atoms with Gasteiger partial charge in [-0.05, 0) is 49.1 Å². The van der Waals surface area contributed by atoms with Crippen LogP contribution < -0.4 is 9.80 Å². The van der Waals surface area contributed by atoms with E-state index in [2.05, 4.69) is 0 Å². The van der Waals surface area contributed by atoms with Crippen LogP contribution in [0.25, 0.3) is 0 Å². The number of phenolic OH excluding ortho intramolecular Hbond substituents is 1. The first-order valence-electron chi connectivity index (χ1n) is 14.2. The SMILES string of the molecule is O=C1C2CC=C3C(CC4(Cl)C(=O)N(c5c(F)c(F)c(F)c(F)c5F)C(=O)C4(Cl)C3c3cccc(F)c3O)C2C(=O)N1c1ccc(Cl)cc1. The van der Waals surface area contributed by atoms with Crippen molar-refractivity contribution in [1.29, 1.82) is 0 Å². The molecular formula is C32H17Cl3F6N2O5. The first-order chi connectivity index (χ1) is 22.6. The molecule has 0 radical (unpaired) electrons. The molecule has 3 aromatic carbocycles. The number of imide groups is 2. The molecule has 0 spiro atoms. The Hall–Kier alpha value is -4.07. The topological polar surface area (TPSA) is 95.0 Å². The standard InChI is InChI=1S/C32H17Cl3F6N2O5/c33-11-4-6-12(7-5-11)42-27(45)14-9-8-13-16(18(14)28(42)46)10-31(34)29(47)43(25-23(40)21(38)20(37)22(39)24(25)41)30(48)32(31,35)19(13)15-2-1-3-17(36)26(15)44/h1-8,14,16,18-19,44H,9-10H2. The van der Waals surface area contributed by atoms with Gasteiger partial charge >= 0.3 is 0 Å². The van der Waals surface area contributed by atoms with E-state index in [-0.39, 0.29) is 22.6 Å². The highest BCUT2D eigenvalue weighted by molar-refractivity contribution is 6.58. The van der Waals surface area contributed by atoms with Crippen molar-refractivity contribution in [2.45, 2.75) is 28.5 Å². The Balaban J connectivity index is 1.44. The van der Waals surface area contributed by atoms with Crippen LogP contribution in [0.4, 0.5) is 37.7 Å². The number of hydrogen-bond donors (Lipinski definition) is 1. The lowest BCUT2D eigenvalue weighted by atomic mass is 9.56. The van der Waals surface area contributed by atoms with Gasteiger partial charge in [-0.25, -0.2) is 31.2 Å². The molecule has 6 unspecified atom stereocenters. The highest BCUT2D eigenvalue weighted by Gasteiger charge is 2.77. The summed E-state index contributed by atoms with van der Waals surface area (Å²) in [5, 5.41) is 11.2. The highest BCUT2D eigenvalue weighted by Crippen LogP contribution is 2.66. The molecule has 0 bridgehead atoms. The number of phenols is 1. The largest absolute Gasteiger partial charge is 0.505 e. The minimum atomic E-state index is -2.90. The molecule has 48 heavy (non-hydrogen) atoms. The smallest absolute Gasteiger partial charge is 0.258 e. The number of benzene rings is 3. The summed E-state index contributed by atoms with van der Waals surface area (Å²) >= 11 is 19.9. The molecule has 4 amide bonds. The molecule has 3 fully saturated rings. The molecular weight excluding hydrogens is 713 g/mol. The molecule has 2 heterocycles. The molecule has 4 aliphatic rings. The number of alkyl halides is 2. The second kappa shape index (κ2) is 10.7. The van der Waals surface area contributed by atoms with Gasteiger partial charge < -0.3 is 5.11 Å². The number of fused-ring (bicyclic) bond motifs is 4. The zero-order valence-corrected chi connectivity index (χ0v) is 26.0. The summed E-state index contributed by atoms with van der Waals surface area (Å²) in [6, 6.07) is 8.83. The summed E-state index contributed by atoms with van der Waals surface area (Å²) < 4.78 is 87.7. The van der Waals surface area contributed by atoms with E-state index in [1.807, 2.05) is 0 Å². The molecule has 2 aliphatic heterocycles. The third-order valence-corrected chi connectivity index (χ3v) is 11.3. The van der Waals surface area contributed by atoms with Gasteiger partial charge in [-0.3, -0.25) is 24.1 Å². The fourth-order valence-corrected chi connectivity index (χ4v) is 8.57. The zero-order valence-electron chi connectivity index (χ0n) is 23.7. The number of aromatic hydroxyl groups is 1. The summed E-state index contributed by atoms with van der Waals surface area (Å²) in [5.41, 5.74) is -2.16.